The highest BCUT2D eigenvalue weighted by Gasteiger charge is 2.44. The van der Waals surface area contributed by atoms with Crippen molar-refractivity contribution in [1.82, 2.24) is 4.90 Å². The molecule has 0 saturated carbocycles. The van der Waals surface area contributed by atoms with Gasteiger partial charge in [0.15, 0.2) is 5.78 Å². The highest BCUT2D eigenvalue weighted by Crippen LogP contribution is 2.41. The van der Waals surface area contributed by atoms with E-state index in [1.807, 2.05) is 67.3 Å². The number of hydrogen-bond donors (Lipinski definition) is 0. The summed E-state index contributed by atoms with van der Waals surface area (Å²) in [6.45, 7) is 5.19. The molecule has 1 fully saturated rings. The van der Waals surface area contributed by atoms with E-state index in [9.17, 15) is 9.59 Å². The van der Waals surface area contributed by atoms with Gasteiger partial charge in [0.05, 0.1) is 12.0 Å². The molecule has 0 aliphatic carbocycles. The van der Waals surface area contributed by atoms with E-state index in [0.29, 0.717) is 37.9 Å². The molecule has 152 valence electrons. The molecule has 2 heterocycles. The summed E-state index contributed by atoms with van der Waals surface area (Å²) < 4.78 is 6.46. The summed E-state index contributed by atoms with van der Waals surface area (Å²) in [4.78, 5) is 28.0. The van der Waals surface area contributed by atoms with Gasteiger partial charge in [-0.1, -0.05) is 42.5 Å². The summed E-state index contributed by atoms with van der Waals surface area (Å²) in [5.41, 5.74) is 3.02. The van der Waals surface area contributed by atoms with Crippen molar-refractivity contribution in [2.75, 3.05) is 13.1 Å². The van der Waals surface area contributed by atoms with Crippen molar-refractivity contribution in [2.24, 2.45) is 0 Å². The van der Waals surface area contributed by atoms with Crippen molar-refractivity contribution in [1.29, 1.82) is 0 Å². The molecule has 2 aliphatic rings. The van der Waals surface area contributed by atoms with Crippen LogP contribution in [-0.4, -0.2) is 35.3 Å². The van der Waals surface area contributed by atoms with E-state index in [2.05, 4.69) is 6.07 Å². The number of fused-ring (bicyclic) bond motifs is 2. The second-order valence-electron chi connectivity index (χ2n) is 8.66. The molecule has 1 saturated heterocycles. The number of carbonyl (C=O) groups excluding carboxylic acids is 2. The number of aryl methyl sites for hydroxylation is 2. The maximum Gasteiger partial charge on any atom is 0.254 e. The Balaban J connectivity index is 1.37. The van der Waals surface area contributed by atoms with Gasteiger partial charge >= 0.3 is 0 Å². The summed E-state index contributed by atoms with van der Waals surface area (Å²) in [6.07, 6.45) is 1.73. The average Bonchev–Trinajstić information content (AvgIpc) is 2.74. The number of Topliss-reactive ketones (excluding diaryl/α,β-unsaturated/α-hetero) is 1. The molecule has 5 rings (SSSR count). The van der Waals surface area contributed by atoms with Crippen molar-refractivity contribution < 1.29 is 14.3 Å². The van der Waals surface area contributed by atoms with Gasteiger partial charge in [-0.15, -0.1) is 0 Å². The first kappa shape index (κ1) is 18.9. The van der Waals surface area contributed by atoms with Gasteiger partial charge in [0, 0.05) is 31.5 Å². The highest BCUT2D eigenvalue weighted by molar-refractivity contribution is 6.07. The minimum atomic E-state index is -0.500. The van der Waals surface area contributed by atoms with Crippen LogP contribution in [0.4, 0.5) is 0 Å². The molecule has 4 nitrogen and oxygen atoms in total. The van der Waals surface area contributed by atoms with Crippen LogP contribution >= 0.6 is 0 Å². The Morgan fingerprint density at radius 3 is 2.53 bits per heavy atom. The van der Waals surface area contributed by atoms with Gasteiger partial charge in [-0.05, 0) is 47.9 Å². The monoisotopic (exact) mass is 399 g/mol. The summed E-state index contributed by atoms with van der Waals surface area (Å²) in [5.74, 6) is 0.929. The lowest BCUT2D eigenvalue weighted by molar-refractivity contribution is -0.00614. The standard InChI is InChI=1S/C26H25NO3/c1-17-14-18(2)24-22(15-17)23(28)16-26(30-24)10-12-27(13-11-26)25(29)21-9-5-7-19-6-3-4-8-20(19)21/h3-9,14-15H,10-13,16H2,1-2H3. The SMILES string of the molecule is Cc1cc(C)c2c(c1)C(=O)CC1(CCN(C(=O)c3cccc4ccccc34)CC1)O2. The third-order valence-corrected chi connectivity index (χ3v) is 6.50. The minimum absolute atomic E-state index is 0.0518. The highest BCUT2D eigenvalue weighted by atomic mass is 16.5. The average molecular weight is 399 g/mol. The van der Waals surface area contributed by atoms with Crippen LogP contribution in [0.5, 0.6) is 5.75 Å². The zero-order valence-electron chi connectivity index (χ0n) is 17.4. The lowest BCUT2D eigenvalue weighted by atomic mass is 9.81. The fraction of sp³-hybridized carbons (Fsp3) is 0.308. The van der Waals surface area contributed by atoms with Crippen LogP contribution in [0.3, 0.4) is 0 Å². The van der Waals surface area contributed by atoms with Crippen molar-refractivity contribution >= 4 is 22.5 Å². The molecule has 3 aromatic carbocycles. The second-order valence-corrected chi connectivity index (χ2v) is 8.66. The number of hydrogen-bond acceptors (Lipinski definition) is 3. The number of benzene rings is 3. The zero-order chi connectivity index (χ0) is 20.9. The van der Waals surface area contributed by atoms with Gasteiger partial charge < -0.3 is 9.64 Å². The van der Waals surface area contributed by atoms with E-state index < -0.39 is 5.60 Å². The number of rotatable bonds is 1. The number of likely N-dealkylation sites (tertiary alicyclic amines) is 1. The van der Waals surface area contributed by atoms with E-state index in [-0.39, 0.29) is 11.7 Å². The second kappa shape index (κ2) is 6.98. The molecule has 0 radical (unpaired) electrons. The lowest BCUT2D eigenvalue weighted by Gasteiger charge is -2.44. The topological polar surface area (TPSA) is 46.6 Å². The van der Waals surface area contributed by atoms with Gasteiger partial charge in [0.25, 0.3) is 5.91 Å². The summed E-state index contributed by atoms with van der Waals surface area (Å²) in [7, 11) is 0. The smallest absolute Gasteiger partial charge is 0.254 e. The Labute approximate surface area is 176 Å². The Hall–Kier alpha value is -3.14. The molecule has 0 aromatic heterocycles. The number of ketones is 1. The van der Waals surface area contributed by atoms with Crippen LogP contribution in [0, 0.1) is 13.8 Å². The molecule has 0 unspecified atom stereocenters. The molecule has 1 amide bonds. The first-order valence-electron chi connectivity index (χ1n) is 10.6. The van der Waals surface area contributed by atoms with Crippen LogP contribution in [0.1, 0.15) is 51.1 Å². The molecule has 2 aliphatic heterocycles. The third-order valence-electron chi connectivity index (χ3n) is 6.50. The van der Waals surface area contributed by atoms with Crippen molar-refractivity contribution in [2.45, 2.75) is 38.7 Å². The molecule has 3 aromatic rings. The molecular weight excluding hydrogens is 374 g/mol. The van der Waals surface area contributed by atoms with E-state index in [4.69, 9.17) is 4.74 Å². The fourth-order valence-corrected chi connectivity index (χ4v) is 4.92. The Morgan fingerprint density at radius 1 is 1.00 bits per heavy atom. The van der Waals surface area contributed by atoms with Crippen molar-refractivity contribution in [3.05, 3.63) is 76.9 Å². The van der Waals surface area contributed by atoms with Crippen molar-refractivity contribution in [3.63, 3.8) is 0 Å². The molecule has 0 N–H and O–H groups in total. The molecular formula is C26H25NO3. The number of carbonyl (C=O) groups is 2. The Morgan fingerprint density at radius 2 is 1.73 bits per heavy atom. The van der Waals surface area contributed by atoms with Gasteiger partial charge in [-0.2, -0.15) is 0 Å². The van der Waals surface area contributed by atoms with Gasteiger partial charge in [-0.25, -0.2) is 0 Å². The normalized spacial score (nSPS) is 17.7. The zero-order valence-corrected chi connectivity index (χ0v) is 17.4. The first-order chi connectivity index (χ1) is 14.5. The number of amides is 1. The van der Waals surface area contributed by atoms with Gasteiger partial charge in [0.2, 0.25) is 0 Å². The number of nitrogens with zero attached hydrogens (tertiary/aromatic N) is 1. The summed E-state index contributed by atoms with van der Waals surface area (Å²) >= 11 is 0. The Kier molecular flexibility index (Phi) is 4.39. The summed E-state index contributed by atoms with van der Waals surface area (Å²) in [6, 6.07) is 17.8. The third kappa shape index (κ3) is 3.07. The molecule has 0 bridgehead atoms. The van der Waals surface area contributed by atoms with Crippen LogP contribution in [-0.2, 0) is 0 Å². The summed E-state index contributed by atoms with van der Waals surface area (Å²) in [5, 5.41) is 2.05. The van der Waals surface area contributed by atoms with Crippen LogP contribution in [0.15, 0.2) is 54.6 Å². The predicted octanol–water partition coefficient (Wildman–Crippen LogP) is 5.10. The quantitative estimate of drug-likeness (QED) is 0.572. The fourth-order valence-electron chi connectivity index (χ4n) is 4.92. The van der Waals surface area contributed by atoms with E-state index in [1.165, 1.54) is 0 Å². The molecule has 4 heteroatoms. The van der Waals surface area contributed by atoms with E-state index in [1.54, 1.807) is 0 Å². The molecule has 1 spiro atoms. The Bertz CT molecular complexity index is 1170. The number of piperidine rings is 1. The molecule has 0 atom stereocenters. The molecule has 30 heavy (non-hydrogen) atoms. The maximum absolute atomic E-state index is 13.3. The van der Waals surface area contributed by atoms with Crippen molar-refractivity contribution in [3.8, 4) is 5.75 Å². The maximum atomic E-state index is 13.3. The van der Waals surface area contributed by atoms with Gasteiger partial charge in [-0.3, -0.25) is 9.59 Å². The van der Waals surface area contributed by atoms with Crippen LogP contribution in [0.25, 0.3) is 10.8 Å². The predicted molar refractivity (Wildman–Crippen MR) is 117 cm³/mol. The first-order valence-corrected chi connectivity index (χ1v) is 10.6. The largest absolute Gasteiger partial charge is 0.486 e. The minimum Gasteiger partial charge on any atom is -0.486 e. The van der Waals surface area contributed by atoms with E-state index in [0.717, 1.165) is 33.2 Å². The number of ether oxygens (including phenoxy) is 1. The van der Waals surface area contributed by atoms with Crippen LogP contribution < -0.4 is 4.74 Å². The van der Waals surface area contributed by atoms with Gasteiger partial charge in [0.1, 0.15) is 11.4 Å². The van der Waals surface area contributed by atoms with E-state index >= 15 is 0 Å². The lowest BCUT2D eigenvalue weighted by Crippen LogP contribution is -2.52. The van der Waals surface area contributed by atoms with Crippen LogP contribution in [0.2, 0.25) is 0 Å².